The second-order valence-electron chi connectivity index (χ2n) is 8.52. The van der Waals surface area contributed by atoms with Gasteiger partial charge in [-0.1, -0.05) is 11.2 Å². The van der Waals surface area contributed by atoms with E-state index in [1.54, 1.807) is 6.20 Å². The number of nitrogens with zero attached hydrogens (tertiary/aromatic N) is 7. The summed E-state index contributed by atoms with van der Waals surface area (Å²) in [7, 11) is 0. The summed E-state index contributed by atoms with van der Waals surface area (Å²) in [5, 5.41) is 3.97. The van der Waals surface area contributed by atoms with Crippen LogP contribution in [0, 0.1) is 5.82 Å². The summed E-state index contributed by atoms with van der Waals surface area (Å²) in [6.45, 7) is 2.15. The number of pyridine rings is 2. The molecule has 10 nitrogen and oxygen atoms in total. The van der Waals surface area contributed by atoms with Crippen molar-refractivity contribution in [3.63, 3.8) is 0 Å². The average Bonchev–Trinajstić information content (AvgIpc) is 3.63. The van der Waals surface area contributed by atoms with E-state index in [1.807, 2.05) is 27.7 Å². The average molecular weight is 475 g/mol. The molecular formula is C24H22FN7O3. The second kappa shape index (κ2) is 8.99. The van der Waals surface area contributed by atoms with Crippen molar-refractivity contribution in [1.29, 1.82) is 0 Å². The Kier molecular flexibility index (Phi) is 5.53. The Morgan fingerprint density at radius 1 is 1.11 bits per heavy atom. The van der Waals surface area contributed by atoms with Gasteiger partial charge in [-0.2, -0.15) is 4.98 Å². The van der Waals surface area contributed by atoms with Crippen LogP contribution in [-0.4, -0.2) is 59.7 Å². The van der Waals surface area contributed by atoms with Crippen molar-refractivity contribution in [2.45, 2.75) is 38.5 Å². The molecule has 35 heavy (non-hydrogen) atoms. The number of hydrogen-bond donors (Lipinski definition) is 0. The Labute approximate surface area is 199 Å². The molecule has 178 valence electrons. The Hall–Kier alpha value is -3.99. The van der Waals surface area contributed by atoms with Gasteiger partial charge in [0.15, 0.2) is 5.69 Å². The van der Waals surface area contributed by atoms with E-state index in [1.165, 1.54) is 12.1 Å². The predicted octanol–water partition coefficient (Wildman–Crippen LogP) is 2.91. The molecule has 2 aliphatic heterocycles. The van der Waals surface area contributed by atoms with Crippen molar-refractivity contribution in [1.82, 2.24) is 34.6 Å². The van der Waals surface area contributed by atoms with Crippen molar-refractivity contribution in [3.8, 4) is 22.9 Å². The molecule has 0 saturated carbocycles. The first-order valence-electron chi connectivity index (χ1n) is 11.5. The van der Waals surface area contributed by atoms with Crippen LogP contribution in [0.5, 0.6) is 0 Å². The van der Waals surface area contributed by atoms with Crippen molar-refractivity contribution >= 4 is 5.91 Å². The van der Waals surface area contributed by atoms with Crippen LogP contribution in [0.15, 0.2) is 47.2 Å². The summed E-state index contributed by atoms with van der Waals surface area (Å²) in [4.78, 5) is 33.2. The summed E-state index contributed by atoms with van der Waals surface area (Å²) in [5.74, 6) is 0.836. The van der Waals surface area contributed by atoms with Crippen LogP contribution in [0.2, 0.25) is 0 Å². The Bertz CT molecular complexity index is 1350. The molecule has 1 atom stereocenters. The zero-order chi connectivity index (χ0) is 23.8. The molecule has 0 aromatic carbocycles. The lowest BCUT2D eigenvalue weighted by molar-refractivity contribution is 0.0725. The molecule has 0 bridgehead atoms. The van der Waals surface area contributed by atoms with E-state index in [-0.39, 0.29) is 17.8 Å². The number of rotatable bonds is 5. The summed E-state index contributed by atoms with van der Waals surface area (Å²) < 4.78 is 26.2. The first kappa shape index (κ1) is 21.5. The molecule has 6 heterocycles. The standard InChI is InChI=1S/C24H22FN7O3/c25-15-6-7-18(27-13-15)23-29-20(35-30-23)12-16-4-3-9-31(16)24(33)21-22(17-5-1-2-8-26-17)32-10-11-34-14-19(32)28-21/h1-2,5-8,13,16H,3-4,9-12,14H2/t16-/m0/s1. The fourth-order valence-corrected chi connectivity index (χ4v) is 4.68. The highest BCUT2D eigenvalue weighted by Gasteiger charge is 2.35. The number of ether oxygens (including phenoxy) is 1. The van der Waals surface area contributed by atoms with Gasteiger partial charge in [0.05, 0.1) is 18.5 Å². The summed E-state index contributed by atoms with van der Waals surface area (Å²) in [6.07, 6.45) is 4.91. The smallest absolute Gasteiger partial charge is 0.275 e. The number of halogens is 1. The fraction of sp³-hybridized carbons (Fsp3) is 0.333. The number of aromatic nitrogens is 6. The minimum Gasteiger partial charge on any atom is -0.372 e. The van der Waals surface area contributed by atoms with E-state index < -0.39 is 5.82 Å². The third-order valence-electron chi connectivity index (χ3n) is 6.32. The van der Waals surface area contributed by atoms with Crippen LogP contribution in [0.3, 0.4) is 0 Å². The van der Waals surface area contributed by atoms with E-state index in [0.29, 0.717) is 55.7 Å². The van der Waals surface area contributed by atoms with Gasteiger partial charge in [-0.05, 0) is 37.1 Å². The van der Waals surface area contributed by atoms with Gasteiger partial charge in [0.2, 0.25) is 11.7 Å². The molecule has 1 amide bonds. The fourth-order valence-electron chi connectivity index (χ4n) is 4.68. The highest BCUT2D eigenvalue weighted by Crippen LogP contribution is 2.30. The van der Waals surface area contributed by atoms with Crippen LogP contribution in [0.1, 0.15) is 35.0 Å². The van der Waals surface area contributed by atoms with Gasteiger partial charge in [0, 0.05) is 31.7 Å². The highest BCUT2D eigenvalue weighted by molar-refractivity contribution is 5.98. The zero-order valence-electron chi connectivity index (χ0n) is 18.8. The number of likely N-dealkylation sites (tertiary alicyclic amines) is 1. The maximum absolute atomic E-state index is 13.8. The van der Waals surface area contributed by atoms with Gasteiger partial charge in [-0.25, -0.2) is 14.4 Å². The molecule has 0 N–H and O–H groups in total. The molecule has 6 rings (SSSR count). The van der Waals surface area contributed by atoms with Gasteiger partial charge in [-0.3, -0.25) is 9.78 Å². The molecule has 4 aromatic rings. The van der Waals surface area contributed by atoms with Gasteiger partial charge in [0.25, 0.3) is 5.91 Å². The van der Waals surface area contributed by atoms with Crippen LogP contribution >= 0.6 is 0 Å². The van der Waals surface area contributed by atoms with Crippen LogP contribution in [0.4, 0.5) is 4.39 Å². The molecule has 0 spiro atoms. The monoisotopic (exact) mass is 475 g/mol. The second-order valence-corrected chi connectivity index (χ2v) is 8.52. The van der Waals surface area contributed by atoms with Crippen LogP contribution in [0.25, 0.3) is 22.9 Å². The van der Waals surface area contributed by atoms with Crippen molar-refractivity contribution in [3.05, 3.63) is 66.0 Å². The minimum absolute atomic E-state index is 0.108. The zero-order valence-corrected chi connectivity index (χ0v) is 18.8. The van der Waals surface area contributed by atoms with Gasteiger partial charge < -0.3 is 18.7 Å². The number of fused-ring (bicyclic) bond motifs is 1. The van der Waals surface area contributed by atoms with Crippen molar-refractivity contribution in [2.24, 2.45) is 0 Å². The lowest BCUT2D eigenvalue weighted by Crippen LogP contribution is -2.37. The molecular weight excluding hydrogens is 453 g/mol. The molecule has 0 radical (unpaired) electrons. The lowest BCUT2D eigenvalue weighted by Gasteiger charge is -2.23. The minimum atomic E-state index is -0.435. The summed E-state index contributed by atoms with van der Waals surface area (Å²) >= 11 is 0. The van der Waals surface area contributed by atoms with Gasteiger partial charge in [-0.15, -0.1) is 0 Å². The Morgan fingerprint density at radius 2 is 2.06 bits per heavy atom. The quantitative estimate of drug-likeness (QED) is 0.433. The molecule has 2 aliphatic rings. The number of carbonyl (C=O) groups is 1. The normalized spacial score (nSPS) is 17.5. The van der Waals surface area contributed by atoms with E-state index in [0.717, 1.165) is 30.6 Å². The molecule has 11 heteroatoms. The largest absolute Gasteiger partial charge is 0.372 e. The maximum Gasteiger partial charge on any atom is 0.275 e. The van der Waals surface area contributed by atoms with Crippen molar-refractivity contribution in [2.75, 3.05) is 13.2 Å². The number of imidazole rings is 1. The molecule has 1 fully saturated rings. The molecule has 1 saturated heterocycles. The molecule has 0 unspecified atom stereocenters. The Balaban J connectivity index is 1.27. The topological polar surface area (TPSA) is 112 Å². The van der Waals surface area contributed by atoms with E-state index >= 15 is 0 Å². The van der Waals surface area contributed by atoms with E-state index in [9.17, 15) is 9.18 Å². The Morgan fingerprint density at radius 3 is 2.89 bits per heavy atom. The number of hydrogen-bond acceptors (Lipinski definition) is 8. The number of carbonyl (C=O) groups excluding carboxylic acids is 1. The van der Waals surface area contributed by atoms with Gasteiger partial charge >= 0.3 is 0 Å². The predicted molar refractivity (Wildman–Crippen MR) is 120 cm³/mol. The van der Waals surface area contributed by atoms with Crippen molar-refractivity contribution < 1.29 is 18.4 Å². The van der Waals surface area contributed by atoms with E-state index in [2.05, 4.69) is 25.1 Å². The van der Waals surface area contributed by atoms with Crippen LogP contribution < -0.4 is 0 Å². The van der Waals surface area contributed by atoms with Crippen LogP contribution in [-0.2, 0) is 24.3 Å². The third kappa shape index (κ3) is 4.08. The first-order valence-corrected chi connectivity index (χ1v) is 11.5. The number of amides is 1. The SMILES string of the molecule is O=C(c1nc2n(c1-c1ccccn1)CCOC2)N1CCC[C@H]1Cc1nc(-c2ccc(F)cn2)no1. The first-order chi connectivity index (χ1) is 17.2. The summed E-state index contributed by atoms with van der Waals surface area (Å²) in [6, 6.07) is 8.32. The molecule has 0 aliphatic carbocycles. The molecule has 4 aromatic heterocycles. The highest BCUT2D eigenvalue weighted by atomic mass is 19.1. The third-order valence-corrected chi connectivity index (χ3v) is 6.32. The van der Waals surface area contributed by atoms with E-state index in [4.69, 9.17) is 9.26 Å². The lowest BCUT2D eigenvalue weighted by atomic mass is 10.1. The maximum atomic E-state index is 13.8. The summed E-state index contributed by atoms with van der Waals surface area (Å²) in [5.41, 5.74) is 2.24. The van der Waals surface area contributed by atoms with Gasteiger partial charge in [0.1, 0.15) is 29.6 Å².